The van der Waals surface area contributed by atoms with Gasteiger partial charge in [0.1, 0.15) is 10.6 Å². The average Bonchev–Trinajstić information content (AvgIpc) is 2.70. The zero-order chi connectivity index (χ0) is 23.2. The zero-order valence-corrected chi connectivity index (χ0v) is 19.4. The number of nitrogens with one attached hydrogen (secondary N) is 3. The fourth-order valence-electron chi connectivity index (χ4n) is 2.67. The number of rotatable bonds is 10. The fourth-order valence-corrected chi connectivity index (χ4v) is 5.14. The van der Waals surface area contributed by atoms with Crippen molar-refractivity contribution >= 4 is 26.0 Å². The first-order chi connectivity index (χ1) is 14.5. The van der Waals surface area contributed by atoms with E-state index < -0.39 is 26.0 Å². The molecule has 0 aliphatic carbocycles. The van der Waals surface area contributed by atoms with Crippen molar-refractivity contribution in [2.24, 2.45) is 0 Å². The van der Waals surface area contributed by atoms with E-state index >= 15 is 0 Å². The van der Waals surface area contributed by atoms with Crippen molar-refractivity contribution < 1.29 is 26.4 Å². The van der Waals surface area contributed by atoms with Gasteiger partial charge in [-0.3, -0.25) is 4.79 Å². The highest BCUT2D eigenvalue weighted by Gasteiger charge is 2.22. The lowest BCUT2D eigenvalue weighted by Gasteiger charge is -2.14. The number of hydrogen-bond acceptors (Lipinski definition) is 6. The third-order valence-electron chi connectivity index (χ3n) is 4.14. The molecule has 31 heavy (non-hydrogen) atoms. The summed E-state index contributed by atoms with van der Waals surface area (Å²) in [5, 5.41) is 2.57. The van der Waals surface area contributed by atoms with E-state index in [-0.39, 0.29) is 40.2 Å². The molecule has 3 N–H and O–H groups in total. The van der Waals surface area contributed by atoms with Crippen LogP contribution < -0.4 is 19.5 Å². The van der Waals surface area contributed by atoms with Gasteiger partial charge in [0.05, 0.1) is 12.0 Å². The second-order valence-corrected chi connectivity index (χ2v) is 10.6. The smallest absolute Gasteiger partial charge is 0.251 e. The molecule has 11 heteroatoms. The molecule has 0 aliphatic heterocycles. The monoisotopic (exact) mass is 469 g/mol. The molecular weight excluding hydrogens is 442 g/mol. The molecule has 0 saturated carbocycles. The Morgan fingerprint density at radius 2 is 1.61 bits per heavy atom. The Hall–Kier alpha value is -2.47. The molecule has 9 nitrogen and oxygen atoms in total. The second-order valence-electron chi connectivity index (χ2n) is 7.11. The van der Waals surface area contributed by atoms with Crippen LogP contribution in [-0.2, 0) is 20.0 Å². The number of amides is 1. The van der Waals surface area contributed by atoms with E-state index in [1.54, 1.807) is 26.0 Å². The van der Waals surface area contributed by atoms with Crippen LogP contribution in [0, 0.1) is 6.92 Å². The molecule has 0 bridgehead atoms. The number of carbonyl (C=O) groups is 1. The first-order valence-corrected chi connectivity index (χ1v) is 12.5. The topological polar surface area (TPSA) is 131 Å². The summed E-state index contributed by atoms with van der Waals surface area (Å²) in [4.78, 5) is 12.4. The Morgan fingerprint density at radius 3 is 2.19 bits per heavy atom. The fraction of sp³-hybridized carbons (Fsp3) is 0.350. The van der Waals surface area contributed by atoms with Crippen molar-refractivity contribution in [3.63, 3.8) is 0 Å². The Kier molecular flexibility index (Phi) is 8.18. The summed E-state index contributed by atoms with van der Waals surface area (Å²) in [5.74, 6) is -0.436. The second kappa shape index (κ2) is 10.2. The van der Waals surface area contributed by atoms with Crippen LogP contribution in [0.3, 0.4) is 0 Å². The number of aryl methyl sites for hydroxylation is 1. The maximum absolute atomic E-state index is 12.5. The normalized spacial score (nSPS) is 12.0. The summed E-state index contributed by atoms with van der Waals surface area (Å²) in [5.41, 5.74) is 1.04. The molecule has 2 aromatic rings. The molecule has 0 heterocycles. The molecular formula is C20H27N3O6S2. The van der Waals surface area contributed by atoms with Gasteiger partial charge in [-0.1, -0.05) is 17.7 Å². The molecule has 0 fully saturated rings. The maximum Gasteiger partial charge on any atom is 0.251 e. The highest BCUT2D eigenvalue weighted by molar-refractivity contribution is 7.89. The number of carbonyl (C=O) groups excluding carboxylic acids is 1. The predicted octanol–water partition coefficient (Wildman–Crippen LogP) is 1.40. The Bertz CT molecular complexity index is 1130. The zero-order valence-electron chi connectivity index (χ0n) is 17.8. The minimum atomic E-state index is -3.88. The van der Waals surface area contributed by atoms with Crippen LogP contribution in [0.15, 0.2) is 52.3 Å². The molecule has 0 aromatic heterocycles. The lowest BCUT2D eigenvalue weighted by atomic mass is 10.2. The van der Waals surface area contributed by atoms with Gasteiger partial charge < -0.3 is 10.1 Å². The Morgan fingerprint density at radius 1 is 0.968 bits per heavy atom. The van der Waals surface area contributed by atoms with Gasteiger partial charge in [0.15, 0.2) is 0 Å². The summed E-state index contributed by atoms with van der Waals surface area (Å²) in [7, 11) is -6.24. The van der Waals surface area contributed by atoms with Crippen molar-refractivity contribution in [2.75, 3.05) is 20.2 Å². The van der Waals surface area contributed by atoms with Crippen LogP contribution in [-0.4, -0.2) is 49.0 Å². The number of sulfonamides is 2. The summed E-state index contributed by atoms with van der Waals surface area (Å²) in [6.45, 7) is 5.20. The van der Waals surface area contributed by atoms with E-state index in [2.05, 4.69) is 14.8 Å². The Labute approximate surface area is 183 Å². The predicted molar refractivity (Wildman–Crippen MR) is 117 cm³/mol. The van der Waals surface area contributed by atoms with Gasteiger partial charge in [0, 0.05) is 24.7 Å². The highest BCUT2D eigenvalue weighted by Crippen LogP contribution is 2.25. The van der Waals surface area contributed by atoms with E-state index in [0.717, 1.165) is 5.56 Å². The van der Waals surface area contributed by atoms with Crippen LogP contribution in [0.4, 0.5) is 0 Å². The lowest BCUT2D eigenvalue weighted by Crippen LogP contribution is -2.35. The van der Waals surface area contributed by atoms with Crippen molar-refractivity contribution in [1.29, 1.82) is 0 Å². The first kappa shape index (κ1) is 24.8. The molecule has 170 valence electrons. The number of hydrogen-bond donors (Lipinski definition) is 3. The number of benzene rings is 2. The molecule has 0 spiro atoms. The standard InChI is InChI=1S/C20H27N3O6S2/c1-14(2)23-31(27,28)19-13-16(7-10-18(19)29-4)20(24)21-11-12-22-30(25,26)17-8-5-15(3)6-9-17/h5-10,13-14,22-23H,11-12H2,1-4H3,(H,21,24). The van der Waals surface area contributed by atoms with Gasteiger partial charge in [-0.15, -0.1) is 0 Å². The summed E-state index contributed by atoms with van der Waals surface area (Å²) in [6, 6.07) is 10.1. The maximum atomic E-state index is 12.5. The van der Waals surface area contributed by atoms with Crippen molar-refractivity contribution in [3.8, 4) is 5.75 Å². The van der Waals surface area contributed by atoms with Crippen molar-refractivity contribution in [3.05, 3.63) is 53.6 Å². The van der Waals surface area contributed by atoms with Crippen molar-refractivity contribution in [2.45, 2.75) is 36.6 Å². The average molecular weight is 470 g/mol. The SMILES string of the molecule is COc1ccc(C(=O)NCCNS(=O)(=O)c2ccc(C)cc2)cc1S(=O)(=O)NC(C)C. The molecule has 0 unspecified atom stereocenters. The molecule has 0 saturated heterocycles. The Balaban J connectivity index is 2.04. The van der Waals surface area contributed by atoms with Crippen LogP contribution in [0.1, 0.15) is 29.8 Å². The third kappa shape index (κ3) is 6.76. The number of ether oxygens (including phenoxy) is 1. The minimum absolute atomic E-state index is 0.0162. The minimum Gasteiger partial charge on any atom is -0.495 e. The van der Waals surface area contributed by atoms with Crippen LogP contribution in [0.5, 0.6) is 5.75 Å². The third-order valence-corrected chi connectivity index (χ3v) is 7.30. The first-order valence-electron chi connectivity index (χ1n) is 9.51. The lowest BCUT2D eigenvalue weighted by molar-refractivity contribution is 0.0954. The van der Waals surface area contributed by atoms with Crippen LogP contribution in [0.25, 0.3) is 0 Å². The molecule has 2 aromatic carbocycles. The van der Waals surface area contributed by atoms with E-state index in [1.807, 2.05) is 6.92 Å². The van der Waals surface area contributed by atoms with E-state index in [9.17, 15) is 21.6 Å². The largest absolute Gasteiger partial charge is 0.495 e. The molecule has 2 rings (SSSR count). The van der Waals surface area contributed by atoms with Crippen LogP contribution in [0.2, 0.25) is 0 Å². The van der Waals surface area contributed by atoms with Gasteiger partial charge in [-0.2, -0.15) is 0 Å². The van der Waals surface area contributed by atoms with E-state index in [1.165, 1.54) is 37.4 Å². The summed E-state index contributed by atoms with van der Waals surface area (Å²) in [6.07, 6.45) is 0. The molecule has 0 radical (unpaired) electrons. The van der Waals surface area contributed by atoms with Gasteiger partial charge in [0.25, 0.3) is 5.91 Å². The molecule has 1 amide bonds. The highest BCUT2D eigenvalue weighted by atomic mass is 32.2. The van der Waals surface area contributed by atoms with Gasteiger partial charge in [0.2, 0.25) is 20.0 Å². The summed E-state index contributed by atoms with van der Waals surface area (Å²) >= 11 is 0. The number of methoxy groups -OCH3 is 1. The van der Waals surface area contributed by atoms with E-state index in [0.29, 0.717) is 0 Å². The van der Waals surface area contributed by atoms with Gasteiger partial charge >= 0.3 is 0 Å². The van der Waals surface area contributed by atoms with Gasteiger partial charge in [-0.05, 0) is 51.1 Å². The van der Waals surface area contributed by atoms with Crippen LogP contribution >= 0.6 is 0 Å². The van der Waals surface area contributed by atoms with Crippen molar-refractivity contribution in [1.82, 2.24) is 14.8 Å². The van der Waals surface area contributed by atoms with Gasteiger partial charge in [-0.25, -0.2) is 26.3 Å². The summed E-state index contributed by atoms with van der Waals surface area (Å²) < 4.78 is 59.5. The quantitative estimate of drug-likeness (QED) is 0.451. The van der Waals surface area contributed by atoms with E-state index in [4.69, 9.17) is 4.74 Å². The molecule has 0 aliphatic rings. The molecule has 0 atom stereocenters.